The van der Waals surface area contributed by atoms with Crippen LogP contribution in [-0.2, 0) is 16.3 Å². The first-order valence-electron chi connectivity index (χ1n) is 5.15. The maximum atomic E-state index is 11.7. The minimum absolute atomic E-state index is 0.195. The molecule has 1 aromatic carbocycles. The van der Waals surface area contributed by atoms with Crippen LogP contribution in [0.4, 0.5) is 0 Å². The van der Waals surface area contributed by atoms with E-state index in [0.717, 1.165) is 12.0 Å². The van der Waals surface area contributed by atoms with Crippen LogP contribution in [0, 0.1) is 0 Å². The van der Waals surface area contributed by atoms with Gasteiger partial charge < -0.3 is 0 Å². The quantitative estimate of drug-likeness (QED) is 0.770. The third-order valence-electron chi connectivity index (χ3n) is 2.79. The van der Waals surface area contributed by atoms with Gasteiger partial charge in [-0.15, -0.1) is 0 Å². The molecule has 0 saturated carbocycles. The molecule has 1 aromatic rings. The van der Waals surface area contributed by atoms with E-state index < -0.39 is 9.84 Å². The second kappa shape index (κ2) is 3.81. The Hall–Kier alpha value is -1.09. The Kier molecular flexibility index (Phi) is 2.65. The molecule has 0 heterocycles. The van der Waals surface area contributed by atoms with E-state index >= 15 is 0 Å². The van der Waals surface area contributed by atoms with Gasteiger partial charge >= 0.3 is 0 Å². The highest BCUT2D eigenvalue weighted by molar-refractivity contribution is 7.95. The van der Waals surface area contributed by atoms with Crippen LogP contribution < -0.4 is 0 Å². The number of benzene rings is 1. The van der Waals surface area contributed by atoms with E-state index in [1.807, 2.05) is 24.3 Å². The van der Waals surface area contributed by atoms with Crippen LogP contribution in [0.1, 0.15) is 24.5 Å². The molecule has 0 atom stereocenters. The first kappa shape index (κ1) is 10.4. The Bertz CT molecular complexity index is 498. The summed E-state index contributed by atoms with van der Waals surface area (Å²) in [5.41, 5.74) is 2.29. The minimum atomic E-state index is -3.00. The van der Waals surface area contributed by atoms with Crippen LogP contribution in [0.25, 0.3) is 6.08 Å². The van der Waals surface area contributed by atoms with E-state index in [-0.39, 0.29) is 5.75 Å². The fourth-order valence-electron chi connectivity index (χ4n) is 1.84. The van der Waals surface area contributed by atoms with Gasteiger partial charge in [-0.25, -0.2) is 8.42 Å². The molecule has 2 rings (SSSR count). The fourth-order valence-corrected chi connectivity index (χ4v) is 2.93. The van der Waals surface area contributed by atoms with Gasteiger partial charge in [-0.05, 0) is 30.0 Å². The van der Waals surface area contributed by atoms with Gasteiger partial charge in [0.15, 0.2) is 9.84 Å². The summed E-state index contributed by atoms with van der Waals surface area (Å²) in [6, 6.07) is 7.96. The number of sulfone groups is 1. The lowest BCUT2D eigenvalue weighted by molar-refractivity contribution is 0.601. The third-order valence-corrected chi connectivity index (χ3v) is 4.67. The number of hydrogen-bond donors (Lipinski definition) is 0. The molecule has 0 amide bonds. The molecule has 2 nitrogen and oxygen atoms in total. The van der Waals surface area contributed by atoms with Crippen molar-refractivity contribution < 1.29 is 8.42 Å². The number of aryl methyl sites for hydroxylation is 1. The van der Waals surface area contributed by atoms with Gasteiger partial charge in [0.05, 0.1) is 5.75 Å². The van der Waals surface area contributed by atoms with Crippen molar-refractivity contribution in [2.45, 2.75) is 19.8 Å². The summed E-state index contributed by atoms with van der Waals surface area (Å²) in [6.45, 7) is 1.69. The molecule has 0 radical (unpaired) electrons. The van der Waals surface area contributed by atoms with Gasteiger partial charge in [-0.1, -0.05) is 31.2 Å². The Balaban J connectivity index is 2.46. The molecule has 80 valence electrons. The van der Waals surface area contributed by atoms with Crippen molar-refractivity contribution in [1.29, 1.82) is 0 Å². The predicted molar refractivity (Wildman–Crippen MR) is 62.2 cm³/mol. The molecular formula is C12H14O2S. The molecule has 3 heteroatoms. The van der Waals surface area contributed by atoms with Crippen LogP contribution in [0.5, 0.6) is 0 Å². The van der Waals surface area contributed by atoms with E-state index in [2.05, 4.69) is 6.07 Å². The van der Waals surface area contributed by atoms with Crippen molar-refractivity contribution in [2.24, 2.45) is 0 Å². The maximum Gasteiger partial charge on any atom is 0.174 e. The summed E-state index contributed by atoms with van der Waals surface area (Å²) in [4.78, 5) is 0.587. The van der Waals surface area contributed by atoms with Gasteiger partial charge in [0.25, 0.3) is 0 Å². The van der Waals surface area contributed by atoms with E-state index in [1.165, 1.54) is 5.56 Å². The second-order valence-electron chi connectivity index (χ2n) is 3.71. The molecule has 0 N–H and O–H groups in total. The molecule has 0 fully saturated rings. The van der Waals surface area contributed by atoms with Crippen molar-refractivity contribution in [2.75, 3.05) is 5.75 Å². The molecule has 0 bridgehead atoms. The Morgan fingerprint density at radius 2 is 1.93 bits per heavy atom. The molecule has 0 unspecified atom stereocenters. The summed E-state index contributed by atoms with van der Waals surface area (Å²) < 4.78 is 23.4. The zero-order chi connectivity index (χ0) is 10.9. The van der Waals surface area contributed by atoms with Gasteiger partial charge in [0, 0.05) is 4.91 Å². The van der Waals surface area contributed by atoms with Crippen LogP contribution in [0.15, 0.2) is 29.2 Å². The highest BCUT2D eigenvalue weighted by atomic mass is 32.2. The molecule has 0 aliphatic heterocycles. The summed E-state index contributed by atoms with van der Waals surface area (Å²) >= 11 is 0. The van der Waals surface area contributed by atoms with Crippen LogP contribution in [0.3, 0.4) is 0 Å². The van der Waals surface area contributed by atoms with Crippen LogP contribution in [-0.4, -0.2) is 14.2 Å². The third kappa shape index (κ3) is 1.97. The molecule has 0 spiro atoms. The Morgan fingerprint density at radius 3 is 2.67 bits per heavy atom. The molecule has 1 aliphatic carbocycles. The fraction of sp³-hybridized carbons (Fsp3) is 0.333. The Morgan fingerprint density at radius 1 is 1.20 bits per heavy atom. The van der Waals surface area contributed by atoms with Crippen molar-refractivity contribution in [3.05, 3.63) is 40.3 Å². The minimum Gasteiger partial charge on any atom is -0.224 e. The van der Waals surface area contributed by atoms with E-state index in [9.17, 15) is 8.42 Å². The highest BCUT2D eigenvalue weighted by Gasteiger charge is 2.19. The van der Waals surface area contributed by atoms with E-state index in [0.29, 0.717) is 11.3 Å². The van der Waals surface area contributed by atoms with Crippen LogP contribution in [0.2, 0.25) is 0 Å². The van der Waals surface area contributed by atoms with Gasteiger partial charge in [0.1, 0.15) is 0 Å². The number of allylic oxidation sites excluding steroid dienone is 1. The monoisotopic (exact) mass is 222 g/mol. The lowest BCUT2D eigenvalue weighted by atomic mass is 9.98. The normalized spacial score (nSPS) is 15.7. The largest absolute Gasteiger partial charge is 0.224 e. The summed E-state index contributed by atoms with van der Waals surface area (Å²) in [7, 11) is -3.00. The average Bonchev–Trinajstić information content (AvgIpc) is 2.28. The van der Waals surface area contributed by atoms with E-state index in [4.69, 9.17) is 0 Å². The predicted octanol–water partition coefficient (Wildman–Crippen LogP) is 2.41. The standard InChI is InChI=1S/C12H14O2S/c1-2-15(13,14)12-8-7-10-5-3-4-6-11(10)9-12/h3-6,9H,2,7-8H2,1H3. The van der Waals surface area contributed by atoms with Crippen molar-refractivity contribution in [1.82, 2.24) is 0 Å². The smallest absolute Gasteiger partial charge is 0.174 e. The van der Waals surface area contributed by atoms with Gasteiger partial charge in [-0.3, -0.25) is 0 Å². The number of hydrogen-bond acceptors (Lipinski definition) is 2. The molecule has 0 aromatic heterocycles. The topological polar surface area (TPSA) is 34.1 Å². The molecule has 0 saturated heterocycles. The number of rotatable bonds is 2. The van der Waals surface area contributed by atoms with Gasteiger partial charge in [0.2, 0.25) is 0 Å². The van der Waals surface area contributed by atoms with E-state index in [1.54, 1.807) is 6.92 Å². The first-order chi connectivity index (χ1) is 7.13. The zero-order valence-electron chi connectivity index (χ0n) is 8.73. The average molecular weight is 222 g/mol. The highest BCUT2D eigenvalue weighted by Crippen LogP contribution is 2.27. The van der Waals surface area contributed by atoms with Crippen molar-refractivity contribution >= 4 is 15.9 Å². The van der Waals surface area contributed by atoms with Crippen LogP contribution >= 0.6 is 0 Å². The van der Waals surface area contributed by atoms with Gasteiger partial charge in [-0.2, -0.15) is 0 Å². The zero-order valence-corrected chi connectivity index (χ0v) is 9.55. The maximum absolute atomic E-state index is 11.7. The molecular weight excluding hydrogens is 208 g/mol. The molecule has 15 heavy (non-hydrogen) atoms. The Labute approximate surface area is 90.6 Å². The molecule has 1 aliphatic rings. The summed E-state index contributed by atoms with van der Waals surface area (Å²) in [5.74, 6) is 0.195. The summed E-state index contributed by atoms with van der Waals surface area (Å²) in [6.07, 6.45) is 3.30. The van der Waals surface area contributed by atoms with Crippen molar-refractivity contribution in [3.63, 3.8) is 0 Å². The first-order valence-corrected chi connectivity index (χ1v) is 6.80. The van der Waals surface area contributed by atoms with Crippen molar-refractivity contribution in [3.8, 4) is 0 Å². The second-order valence-corrected chi connectivity index (χ2v) is 6.04. The lowest BCUT2D eigenvalue weighted by Gasteiger charge is -2.15. The number of fused-ring (bicyclic) bond motifs is 1. The lowest BCUT2D eigenvalue weighted by Crippen LogP contribution is -2.10. The SMILES string of the molecule is CCS(=O)(=O)C1=Cc2ccccc2CC1. The summed E-state index contributed by atoms with van der Waals surface area (Å²) in [5, 5.41) is 0.